The maximum atomic E-state index is 3.38. The maximum Gasteiger partial charge on any atom is 0.0480 e. The second-order valence-electron chi connectivity index (χ2n) is 4.39. The minimum Gasteiger partial charge on any atom is -0.350 e. The average molecular weight is 216 g/mol. The Morgan fingerprint density at radius 2 is 2.12 bits per heavy atom. The zero-order chi connectivity index (χ0) is 11.5. The quantitative estimate of drug-likeness (QED) is 0.777. The Hall–Kier alpha value is -1.28. The van der Waals surface area contributed by atoms with Gasteiger partial charge in [0.25, 0.3) is 0 Å². The van der Waals surface area contributed by atoms with Gasteiger partial charge in [-0.3, -0.25) is 0 Å². The molecule has 0 aliphatic heterocycles. The maximum absolute atomic E-state index is 3.38. The fourth-order valence-corrected chi connectivity index (χ4v) is 2.19. The van der Waals surface area contributed by atoms with E-state index in [1.165, 1.54) is 22.0 Å². The summed E-state index contributed by atoms with van der Waals surface area (Å²) in [4.78, 5) is 0. The summed E-state index contributed by atoms with van der Waals surface area (Å²) < 4.78 is 2.22. The Kier molecular flexibility index (Phi) is 3.30. The number of benzene rings is 1. The molecule has 2 nitrogen and oxygen atoms in total. The van der Waals surface area contributed by atoms with Gasteiger partial charge >= 0.3 is 0 Å². The lowest BCUT2D eigenvalue weighted by molar-refractivity contribution is 0.717. The van der Waals surface area contributed by atoms with Crippen LogP contribution in [-0.4, -0.2) is 17.7 Å². The second-order valence-corrected chi connectivity index (χ2v) is 4.39. The molecule has 0 spiro atoms. The van der Waals surface area contributed by atoms with Gasteiger partial charge in [-0.2, -0.15) is 0 Å². The molecule has 2 rings (SSSR count). The van der Waals surface area contributed by atoms with Gasteiger partial charge in [0.05, 0.1) is 0 Å². The molecule has 0 bridgehead atoms. The molecular weight excluding hydrogens is 196 g/mol. The number of nitrogens with zero attached hydrogens (tertiary/aromatic N) is 1. The topological polar surface area (TPSA) is 17.0 Å². The Bertz CT molecular complexity index is 483. The first-order valence-electron chi connectivity index (χ1n) is 5.97. The standard InChI is InChI=1S/C14H20N2/c1-4-15-8-7-12-10-16(3)14-6-5-11(2)9-13(12)14/h5-6,9-10,15H,4,7-8H2,1-3H3. The van der Waals surface area contributed by atoms with E-state index in [1.54, 1.807) is 0 Å². The van der Waals surface area contributed by atoms with Gasteiger partial charge in [-0.15, -0.1) is 0 Å². The van der Waals surface area contributed by atoms with Crippen LogP contribution in [0.15, 0.2) is 24.4 Å². The summed E-state index contributed by atoms with van der Waals surface area (Å²) in [5.41, 5.74) is 4.11. The Labute approximate surface area is 97.3 Å². The molecule has 1 heterocycles. The minimum atomic E-state index is 1.05. The van der Waals surface area contributed by atoms with E-state index in [2.05, 4.69) is 55.2 Å². The number of hydrogen-bond acceptors (Lipinski definition) is 1. The molecule has 16 heavy (non-hydrogen) atoms. The molecule has 0 radical (unpaired) electrons. The lowest BCUT2D eigenvalue weighted by Crippen LogP contribution is -2.15. The molecule has 0 fully saturated rings. The highest BCUT2D eigenvalue weighted by Crippen LogP contribution is 2.22. The summed E-state index contributed by atoms with van der Waals surface area (Å²) in [6.45, 7) is 6.40. The lowest BCUT2D eigenvalue weighted by Gasteiger charge is -2.01. The predicted octanol–water partition coefficient (Wildman–Crippen LogP) is 2.64. The summed E-state index contributed by atoms with van der Waals surface area (Å²) in [6.07, 6.45) is 3.36. The molecule has 0 aliphatic rings. The molecule has 0 atom stereocenters. The van der Waals surface area contributed by atoms with Crippen LogP contribution in [0.3, 0.4) is 0 Å². The van der Waals surface area contributed by atoms with Gasteiger partial charge in [0.15, 0.2) is 0 Å². The van der Waals surface area contributed by atoms with Crippen molar-refractivity contribution >= 4 is 10.9 Å². The molecule has 2 heteroatoms. The van der Waals surface area contributed by atoms with Crippen LogP contribution in [0.1, 0.15) is 18.1 Å². The van der Waals surface area contributed by atoms with E-state index in [9.17, 15) is 0 Å². The molecule has 1 N–H and O–H groups in total. The molecule has 0 unspecified atom stereocenters. The van der Waals surface area contributed by atoms with Crippen LogP contribution >= 0.6 is 0 Å². The Morgan fingerprint density at radius 1 is 1.31 bits per heavy atom. The molecule has 0 aliphatic carbocycles. The van der Waals surface area contributed by atoms with Crippen molar-refractivity contribution in [3.63, 3.8) is 0 Å². The zero-order valence-corrected chi connectivity index (χ0v) is 10.4. The number of likely N-dealkylation sites (N-methyl/N-ethyl adjacent to an activating group) is 1. The first-order chi connectivity index (χ1) is 7.72. The summed E-state index contributed by atoms with van der Waals surface area (Å²) >= 11 is 0. The van der Waals surface area contributed by atoms with Crippen LogP contribution in [0.4, 0.5) is 0 Å². The van der Waals surface area contributed by atoms with Gasteiger partial charge < -0.3 is 9.88 Å². The van der Waals surface area contributed by atoms with Crippen LogP contribution in [-0.2, 0) is 13.5 Å². The molecule has 1 aromatic heterocycles. The number of rotatable bonds is 4. The van der Waals surface area contributed by atoms with Crippen molar-refractivity contribution < 1.29 is 0 Å². The first-order valence-corrected chi connectivity index (χ1v) is 5.97. The highest BCUT2D eigenvalue weighted by molar-refractivity contribution is 5.84. The van der Waals surface area contributed by atoms with Crippen LogP contribution in [0.25, 0.3) is 10.9 Å². The molecule has 0 amide bonds. The van der Waals surface area contributed by atoms with E-state index >= 15 is 0 Å². The fraction of sp³-hybridized carbons (Fsp3) is 0.429. The smallest absolute Gasteiger partial charge is 0.0480 e. The largest absolute Gasteiger partial charge is 0.350 e. The van der Waals surface area contributed by atoms with Crippen LogP contribution in [0, 0.1) is 6.92 Å². The van der Waals surface area contributed by atoms with Gasteiger partial charge in [-0.25, -0.2) is 0 Å². The third-order valence-corrected chi connectivity index (χ3v) is 3.05. The normalized spacial score (nSPS) is 11.2. The lowest BCUT2D eigenvalue weighted by atomic mass is 10.1. The van der Waals surface area contributed by atoms with Gasteiger partial charge in [0.2, 0.25) is 0 Å². The third-order valence-electron chi connectivity index (χ3n) is 3.05. The number of nitrogens with one attached hydrogen (secondary N) is 1. The van der Waals surface area contributed by atoms with Crippen molar-refractivity contribution in [2.45, 2.75) is 20.3 Å². The van der Waals surface area contributed by atoms with E-state index < -0.39 is 0 Å². The fourth-order valence-electron chi connectivity index (χ4n) is 2.19. The van der Waals surface area contributed by atoms with Crippen molar-refractivity contribution in [3.8, 4) is 0 Å². The molecule has 1 aromatic carbocycles. The summed E-state index contributed by atoms with van der Waals surface area (Å²) in [5, 5.41) is 4.78. The van der Waals surface area contributed by atoms with E-state index in [4.69, 9.17) is 0 Å². The second kappa shape index (κ2) is 4.71. The number of aromatic nitrogens is 1. The monoisotopic (exact) mass is 216 g/mol. The Balaban J connectivity index is 2.33. The minimum absolute atomic E-state index is 1.05. The van der Waals surface area contributed by atoms with Gasteiger partial charge in [0, 0.05) is 24.1 Å². The van der Waals surface area contributed by atoms with Crippen molar-refractivity contribution in [3.05, 3.63) is 35.5 Å². The Morgan fingerprint density at radius 3 is 2.88 bits per heavy atom. The van der Waals surface area contributed by atoms with E-state index in [-0.39, 0.29) is 0 Å². The summed E-state index contributed by atoms with van der Waals surface area (Å²) in [5.74, 6) is 0. The highest BCUT2D eigenvalue weighted by atomic mass is 14.9. The third kappa shape index (κ3) is 2.12. The van der Waals surface area contributed by atoms with E-state index in [0.717, 1.165) is 19.5 Å². The van der Waals surface area contributed by atoms with Crippen molar-refractivity contribution in [2.24, 2.45) is 7.05 Å². The molecule has 86 valence electrons. The molecule has 0 saturated heterocycles. The summed E-state index contributed by atoms with van der Waals surface area (Å²) in [6, 6.07) is 6.68. The molecule has 2 aromatic rings. The highest BCUT2D eigenvalue weighted by Gasteiger charge is 2.05. The molecular formula is C14H20N2. The van der Waals surface area contributed by atoms with Crippen molar-refractivity contribution in [1.82, 2.24) is 9.88 Å². The van der Waals surface area contributed by atoms with Crippen molar-refractivity contribution in [2.75, 3.05) is 13.1 Å². The van der Waals surface area contributed by atoms with Gasteiger partial charge in [-0.05, 0) is 44.1 Å². The van der Waals surface area contributed by atoms with Gasteiger partial charge in [-0.1, -0.05) is 18.6 Å². The van der Waals surface area contributed by atoms with Crippen LogP contribution < -0.4 is 5.32 Å². The predicted molar refractivity (Wildman–Crippen MR) is 69.9 cm³/mol. The van der Waals surface area contributed by atoms with E-state index in [0.29, 0.717) is 0 Å². The average Bonchev–Trinajstić information content (AvgIpc) is 2.56. The van der Waals surface area contributed by atoms with E-state index in [1.807, 2.05) is 0 Å². The summed E-state index contributed by atoms with van der Waals surface area (Å²) in [7, 11) is 2.12. The molecule has 0 saturated carbocycles. The van der Waals surface area contributed by atoms with Gasteiger partial charge in [0.1, 0.15) is 0 Å². The SMILES string of the molecule is CCNCCc1cn(C)c2ccc(C)cc12. The van der Waals surface area contributed by atoms with Crippen LogP contribution in [0.2, 0.25) is 0 Å². The number of fused-ring (bicyclic) bond motifs is 1. The van der Waals surface area contributed by atoms with Crippen LogP contribution in [0.5, 0.6) is 0 Å². The first kappa shape index (κ1) is 11.2. The zero-order valence-electron chi connectivity index (χ0n) is 10.4. The number of aryl methyl sites for hydroxylation is 2. The van der Waals surface area contributed by atoms with Crippen molar-refractivity contribution in [1.29, 1.82) is 0 Å². The number of hydrogen-bond donors (Lipinski definition) is 1.